The molecule has 29 heavy (non-hydrogen) atoms. The number of aromatic nitrogens is 1. The van der Waals surface area contributed by atoms with Crippen LogP contribution < -0.4 is 15.8 Å². The minimum absolute atomic E-state index is 0.236. The van der Waals surface area contributed by atoms with Crippen LogP contribution in [0.3, 0.4) is 0 Å². The van der Waals surface area contributed by atoms with Crippen molar-refractivity contribution in [3.8, 4) is 5.75 Å². The van der Waals surface area contributed by atoms with E-state index in [0.717, 1.165) is 35.2 Å². The highest BCUT2D eigenvalue weighted by molar-refractivity contribution is 7.21. The van der Waals surface area contributed by atoms with Gasteiger partial charge < -0.3 is 15.8 Å². The van der Waals surface area contributed by atoms with Gasteiger partial charge in [-0.3, -0.25) is 4.79 Å². The molecular weight excluding hydrogens is 382 g/mol. The van der Waals surface area contributed by atoms with Crippen LogP contribution in [0.5, 0.6) is 5.75 Å². The lowest BCUT2D eigenvalue weighted by molar-refractivity contribution is 0.103. The number of thiophene rings is 1. The van der Waals surface area contributed by atoms with Crippen LogP contribution >= 0.6 is 11.3 Å². The maximum absolute atomic E-state index is 12.9. The molecule has 2 heterocycles. The lowest BCUT2D eigenvalue weighted by Crippen LogP contribution is -2.27. The van der Waals surface area contributed by atoms with Gasteiger partial charge in [-0.15, -0.1) is 11.3 Å². The van der Waals surface area contributed by atoms with Gasteiger partial charge in [-0.2, -0.15) is 0 Å². The third-order valence-corrected chi connectivity index (χ3v) is 6.99. The number of anilines is 2. The van der Waals surface area contributed by atoms with E-state index < -0.39 is 0 Å². The normalized spacial score (nSPS) is 16.5. The average molecular weight is 410 g/mol. The fraction of sp³-hybridized carbons (Fsp3) is 0.391. The SMILES string of the molecule is COc1ccccc1NC(=O)c1sc2nc3c(cc2c1N)CC(C(C)(C)C)CC3. The number of hydrogen-bond donors (Lipinski definition) is 2. The van der Waals surface area contributed by atoms with Crippen LogP contribution in [0.25, 0.3) is 10.2 Å². The van der Waals surface area contributed by atoms with Gasteiger partial charge in [0.1, 0.15) is 15.5 Å². The number of ether oxygens (including phenoxy) is 1. The molecule has 152 valence electrons. The number of nitrogen functional groups attached to an aromatic ring is 1. The molecule has 0 fully saturated rings. The topological polar surface area (TPSA) is 77.2 Å². The molecule has 0 radical (unpaired) electrons. The Morgan fingerprint density at radius 1 is 1.31 bits per heavy atom. The summed E-state index contributed by atoms with van der Waals surface area (Å²) in [6.07, 6.45) is 3.14. The number of fused-ring (bicyclic) bond motifs is 2. The summed E-state index contributed by atoms with van der Waals surface area (Å²) in [6, 6.07) is 9.49. The molecule has 1 aromatic carbocycles. The number of carbonyl (C=O) groups is 1. The molecule has 1 unspecified atom stereocenters. The second-order valence-electron chi connectivity index (χ2n) is 8.75. The molecule has 5 nitrogen and oxygen atoms in total. The molecule has 1 aliphatic rings. The highest BCUT2D eigenvalue weighted by Crippen LogP contribution is 2.40. The van der Waals surface area contributed by atoms with Crippen molar-refractivity contribution in [2.45, 2.75) is 40.0 Å². The number of nitrogens with zero attached hydrogens (tertiary/aromatic N) is 1. The monoisotopic (exact) mass is 409 g/mol. The van der Waals surface area contributed by atoms with Crippen LogP contribution in [0.1, 0.15) is 48.1 Å². The van der Waals surface area contributed by atoms with Crippen molar-refractivity contribution in [2.75, 3.05) is 18.2 Å². The number of aryl methyl sites for hydroxylation is 1. The third kappa shape index (κ3) is 3.69. The zero-order chi connectivity index (χ0) is 20.8. The number of para-hydroxylation sites is 2. The van der Waals surface area contributed by atoms with Gasteiger partial charge in [-0.1, -0.05) is 32.9 Å². The van der Waals surface area contributed by atoms with Crippen molar-refractivity contribution >= 4 is 38.8 Å². The Labute approximate surface area is 175 Å². The van der Waals surface area contributed by atoms with Crippen molar-refractivity contribution in [3.63, 3.8) is 0 Å². The van der Waals surface area contributed by atoms with Crippen molar-refractivity contribution in [1.82, 2.24) is 4.98 Å². The van der Waals surface area contributed by atoms with Crippen LogP contribution in [0, 0.1) is 11.3 Å². The van der Waals surface area contributed by atoms with Crippen LogP contribution in [0.2, 0.25) is 0 Å². The number of nitrogens with one attached hydrogen (secondary N) is 1. The molecule has 1 aliphatic carbocycles. The van der Waals surface area contributed by atoms with E-state index in [1.807, 2.05) is 24.3 Å². The molecule has 4 rings (SSSR count). The molecular formula is C23H27N3O2S. The Hall–Kier alpha value is -2.60. The number of amides is 1. The third-order valence-electron chi connectivity index (χ3n) is 5.87. The Bertz CT molecular complexity index is 1080. The summed E-state index contributed by atoms with van der Waals surface area (Å²) in [5.41, 5.74) is 10.2. The van der Waals surface area contributed by atoms with Crippen LogP contribution in [0.15, 0.2) is 30.3 Å². The second kappa shape index (κ2) is 7.34. The first-order valence-corrected chi connectivity index (χ1v) is 10.7. The summed E-state index contributed by atoms with van der Waals surface area (Å²) < 4.78 is 5.32. The zero-order valence-electron chi connectivity index (χ0n) is 17.3. The lowest BCUT2D eigenvalue weighted by atomic mass is 9.71. The molecule has 0 aliphatic heterocycles. The van der Waals surface area contributed by atoms with Gasteiger partial charge in [0.2, 0.25) is 0 Å². The van der Waals surface area contributed by atoms with E-state index in [-0.39, 0.29) is 11.3 Å². The summed E-state index contributed by atoms with van der Waals surface area (Å²) in [5.74, 6) is 1.00. The van der Waals surface area contributed by atoms with Crippen molar-refractivity contribution in [2.24, 2.45) is 11.3 Å². The minimum Gasteiger partial charge on any atom is -0.495 e. The predicted octanol–water partition coefficient (Wildman–Crippen LogP) is 5.29. The van der Waals surface area contributed by atoms with E-state index >= 15 is 0 Å². The average Bonchev–Trinajstić information content (AvgIpc) is 3.01. The molecule has 3 aromatic rings. The largest absolute Gasteiger partial charge is 0.495 e. The van der Waals surface area contributed by atoms with Crippen LogP contribution in [-0.4, -0.2) is 18.0 Å². The van der Waals surface area contributed by atoms with Crippen molar-refractivity contribution in [1.29, 1.82) is 0 Å². The van der Waals surface area contributed by atoms with Gasteiger partial charge >= 0.3 is 0 Å². The highest BCUT2D eigenvalue weighted by atomic mass is 32.1. The molecule has 3 N–H and O–H groups in total. The van der Waals surface area contributed by atoms with E-state index in [9.17, 15) is 4.79 Å². The first kappa shape index (κ1) is 19.7. The van der Waals surface area contributed by atoms with Crippen molar-refractivity contribution in [3.05, 3.63) is 46.5 Å². The maximum atomic E-state index is 12.9. The standard InChI is InChI=1S/C23H27N3O2S/c1-23(2,3)14-9-10-16-13(11-14)12-15-19(24)20(29-22(15)26-16)21(27)25-17-7-5-6-8-18(17)28-4/h5-8,12,14H,9-11,24H2,1-4H3,(H,25,27). The van der Waals surface area contributed by atoms with Gasteiger partial charge in [-0.25, -0.2) is 4.98 Å². The molecule has 1 atom stereocenters. The van der Waals surface area contributed by atoms with Gasteiger partial charge in [0.05, 0.1) is 18.5 Å². The first-order chi connectivity index (χ1) is 13.8. The number of benzene rings is 1. The van der Waals surface area contributed by atoms with Crippen LogP contribution in [-0.2, 0) is 12.8 Å². The smallest absolute Gasteiger partial charge is 0.268 e. The van der Waals surface area contributed by atoms with Gasteiger partial charge in [-0.05, 0) is 54.4 Å². The number of carbonyl (C=O) groups excluding carboxylic acids is 1. The van der Waals surface area contributed by atoms with E-state index in [0.29, 0.717) is 27.9 Å². The van der Waals surface area contributed by atoms with E-state index in [1.165, 1.54) is 16.9 Å². The Morgan fingerprint density at radius 2 is 2.07 bits per heavy atom. The summed E-state index contributed by atoms with van der Waals surface area (Å²) in [7, 11) is 1.58. The van der Waals surface area contributed by atoms with Gasteiger partial charge in [0, 0.05) is 11.1 Å². The molecule has 0 spiro atoms. The number of rotatable bonds is 3. The number of nitrogens with two attached hydrogens (primary N) is 1. The number of pyridine rings is 1. The zero-order valence-corrected chi connectivity index (χ0v) is 18.2. The Morgan fingerprint density at radius 3 is 2.79 bits per heavy atom. The maximum Gasteiger partial charge on any atom is 0.268 e. The fourth-order valence-corrected chi connectivity index (χ4v) is 5.02. The van der Waals surface area contributed by atoms with E-state index in [1.54, 1.807) is 7.11 Å². The molecule has 2 aromatic heterocycles. The summed E-state index contributed by atoms with van der Waals surface area (Å²) in [4.78, 5) is 19.1. The number of hydrogen-bond acceptors (Lipinski definition) is 5. The summed E-state index contributed by atoms with van der Waals surface area (Å²) in [6.45, 7) is 6.90. The molecule has 0 bridgehead atoms. The second-order valence-corrected chi connectivity index (χ2v) is 9.75. The minimum atomic E-state index is -0.236. The summed E-state index contributed by atoms with van der Waals surface area (Å²) in [5, 5.41) is 3.80. The Balaban J connectivity index is 1.67. The van der Waals surface area contributed by atoms with Gasteiger partial charge in [0.25, 0.3) is 5.91 Å². The summed E-state index contributed by atoms with van der Waals surface area (Å²) >= 11 is 1.35. The molecule has 0 saturated heterocycles. The quantitative estimate of drug-likeness (QED) is 0.616. The molecule has 6 heteroatoms. The molecule has 0 saturated carbocycles. The first-order valence-electron chi connectivity index (χ1n) is 9.93. The van der Waals surface area contributed by atoms with Crippen LogP contribution in [0.4, 0.5) is 11.4 Å². The van der Waals surface area contributed by atoms with Crippen molar-refractivity contribution < 1.29 is 9.53 Å². The van der Waals surface area contributed by atoms with E-state index in [2.05, 4.69) is 32.2 Å². The van der Waals surface area contributed by atoms with E-state index in [4.69, 9.17) is 15.5 Å². The lowest BCUT2D eigenvalue weighted by Gasteiger charge is -2.34. The Kier molecular flexibility index (Phi) is 4.99. The highest BCUT2D eigenvalue weighted by Gasteiger charge is 2.30. The molecule has 1 amide bonds. The van der Waals surface area contributed by atoms with Gasteiger partial charge in [0.15, 0.2) is 0 Å². The fourth-order valence-electron chi connectivity index (χ4n) is 4.03. The number of methoxy groups -OCH3 is 1. The predicted molar refractivity (Wildman–Crippen MR) is 120 cm³/mol.